The average molecular weight is 315 g/mol. The van der Waals surface area contributed by atoms with Crippen LogP contribution in [-0.4, -0.2) is 53.8 Å². The molecule has 0 aliphatic carbocycles. The standard InChI is InChI=1S/C16H17N3O4/c20-16(13-3-8-23-17-13)19-6-4-18(5-7-19)10-12-1-2-14-15(9-12)22-11-21-14/h1-3,8-9H,4-7,10-11H2. The minimum absolute atomic E-state index is 0.0681. The Morgan fingerprint density at radius 1 is 1.09 bits per heavy atom. The Bertz CT molecular complexity index is 693. The minimum Gasteiger partial charge on any atom is -0.454 e. The SMILES string of the molecule is O=C(c1ccon1)N1CCN(Cc2ccc3c(c2)OCO3)CC1. The number of rotatable bonds is 3. The first kappa shape index (κ1) is 14.1. The summed E-state index contributed by atoms with van der Waals surface area (Å²) in [6, 6.07) is 7.62. The molecule has 1 saturated heterocycles. The first-order chi connectivity index (χ1) is 11.3. The molecule has 7 nitrogen and oxygen atoms in total. The molecule has 1 aromatic heterocycles. The van der Waals surface area contributed by atoms with Gasteiger partial charge < -0.3 is 18.9 Å². The van der Waals surface area contributed by atoms with Gasteiger partial charge in [-0.15, -0.1) is 0 Å². The van der Waals surface area contributed by atoms with Crippen molar-refractivity contribution in [2.24, 2.45) is 0 Å². The molecule has 120 valence electrons. The zero-order valence-electron chi connectivity index (χ0n) is 12.6. The Morgan fingerprint density at radius 2 is 1.91 bits per heavy atom. The second-order valence-corrected chi connectivity index (χ2v) is 5.64. The van der Waals surface area contributed by atoms with E-state index < -0.39 is 0 Å². The van der Waals surface area contributed by atoms with Crippen LogP contribution in [-0.2, 0) is 6.54 Å². The van der Waals surface area contributed by atoms with Crippen LogP contribution in [0.3, 0.4) is 0 Å². The van der Waals surface area contributed by atoms with Gasteiger partial charge in [0.2, 0.25) is 6.79 Å². The van der Waals surface area contributed by atoms with E-state index in [1.54, 1.807) is 6.07 Å². The highest BCUT2D eigenvalue weighted by Gasteiger charge is 2.24. The Kier molecular flexibility index (Phi) is 3.63. The molecule has 1 fully saturated rings. The van der Waals surface area contributed by atoms with Crippen LogP contribution in [0.15, 0.2) is 35.1 Å². The highest BCUT2D eigenvalue weighted by Crippen LogP contribution is 2.32. The molecule has 0 atom stereocenters. The van der Waals surface area contributed by atoms with Gasteiger partial charge in [-0.2, -0.15) is 0 Å². The molecule has 0 spiro atoms. The van der Waals surface area contributed by atoms with Crippen LogP contribution in [0.1, 0.15) is 16.1 Å². The van der Waals surface area contributed by atoms with E-state index in [-0.39, 0.29) is 5.91 Å². The molecule has 0 saturated carbocycles. The van der Waals surface area contributed by atoms with Crippen LogP contribution in [0.5, 0.6) is 11.5 Å². The predicted molar refractivity (Wildman–Crippen MR) is 80.2 cm³/mol. The molecular formula is C16H17N3O4. The number of amides is 1. The third kappa shape index (κ3) is 2.87. The number of benzene rings is 1. The lowest BCUT2D eigenvalue weighted by Gasteiger charge is -2.34. The van der Waals surface area contributed by atoms with E-state index in [9.17, 15) is 4.79 Å². The minimum atomic E-state index is -0.0681. The van der Waals surface area contributed by atoms with Crippen LogP contribution in [0.4, 0.5) is 0 Å². The predicted octanol–water partition coefficient (Wildman–Crippen LogP) is 1.36. The normalized spacial score (nSPS) is 17.5. The van der Waals surface area contributed by atoms with Crippen LogP contribution >= 0.6 is 0 Å². The summed E-state index contributed by atoms with van der Waals surface area (Å²) < 4.78 is 15.5. The van der Waals surface area contributed by atoms with Crippen molar-refractivity contribution in [2.75, 3.05) is 33.0 Å². The number of hydrogen-bond acceptors (Lipinski definition) is 6. The Labute approximate surface area is 133 Å². The van der Waals surface area contributed by atoms with Crippen molar-refractivity contribution in [2.45, 2.75) is 6.54 Å². The lowest BCUT2D eigenvalue weighted by Crippen LogP contribution is -2.48. The van der Waals surface area contributed by atoms with E-state index in [1.807, 2.05) is 17.0 Å². The number of fused-ring (bicyclic) bond motifs is 1. The van der Waals surface area contributed by atoms with Gasteiger partial charge in [0.25, 0.3) is 5.91 Å². The van der Waals surface area contributed by atoms with Crippen molar-refractivity contribution in [3.05, 3.63) is 41.8 Å². The Balaban J connectivity index is 1.34. The van der Waals surface area contributed by atoms with E-state index >= 15 is 0 Å². The van der Waals surface area contributed by atoms with E-state index in [2.05, 4.69) is 16.1 Å². The van der Waals surface area contributed by atoms with Gasteiger partial charge in [-0.1, -0.05) is 11.2 Å². The number of aromatic nitrogens is 1. The van der Waals surface area contributed by atoms with Gasteiger partial charge in [-0.25, -0.2) is 0 Å². The van der Waals surface area contributed by atoms with Gasteiger partial charge in [0.1, 0.15) is 6.26 Å². The highest BCUT2D eigenvalue weighted by atomic mass is 16.7. The van der Waals surface area contributed by atoms with Crippen LogP contribution in [0.25, 0.3) is 0 Å². The zero-order valence-corrected chi connectivity index (χ0v) is 12.6. The smallest absolute Gasteiger partial charge is 0.276 e. The molecule has 0 N–H and O–H groups in total. The molecule has 7 heteroatoms. The third-order valence-electron chi connectivity index (χ3n) is 4.16. The first-order valence-corrected chi connectivity index (χ1v) is 7.60. The molecule has 0 bridgehead atoms. The second-order valence-electron chi connectivity index (χ2n) is 5.64. The number of carbonyl (C=O) groups is 1. The summed E-state index contributed by atoms with van der Waals surface area (Å²) in [7, 11) is 0. The van der Waals surface area contributed by atoms with Crippen molar-refractivity contribution in [3.8, 4) is 11.5 Å². The number of hydrogen-bond donors (Lipinski definition) is 0. The number of carbonyl (C=O) groups excluding carboxylic acids is 1. The summed E-state index contributed by atoms with van der Waals surface area (Å²) in [5.41, 5.74) is 1.56. The molecule has 0 radical (unpaired) electrons. The molecule has 1 aromatic carbocycles. The molecule has 2 aromatic rings. The molecular weight excluding hydrogens is 298 g/mol. The van der Waals surface area contributed by atoms with Gasteiger partial charge >= 0.3 is 0 Å². The molecule has 0 unspecified atom stereocenters. The summed E-state index contributed by atoms with van der Waals surface area (Å²) in [6.45, 7) is 4.17. The van der Waals surface area contributed by atoms with Gasteiger partial charge in [0, 0.05) is 38.8 Å². The molecule has 4 rings (SSSR count). The monoisotopic (exact) mass is 315 g/mol. The number of nitrogens with zero attached hydrogens (tertiary/aromatic N) is 3. The lowest BCUT2D eigenvalue weighted by molar-refractivity contribution is 0.0618. The topological polar surface area (TPSA) is 68.0 Å². The van der Waals surface area contributed by atoms with Crippen molar-refractivity contribution >= 4 is 5.91 Å². The molecule has 2 aliphatic heterocycles. The largest absolute Gasteiger partial charge is 0.454 e. The van der Waals surface area contributed by atoms with Gasteiger partial charge in [0.15, 0.2) is 17.2 Å². The van der Waals surface area contributed by atoms with Crippen LogP contribution < -0.4 is 9.47 Å². The van der Waals surface area contributed by atoms with Gasteiger partial charge in [-0.3, -0.25) is 9.69 Å². The summed E-state index contributed by atoms with van der Waals surface area (Å²) >= 11 is 0. The summed E-state index contributed by atoms with van der Waals surface area (Å²) in [5.74, 6) is 1.54. The van der Waals surface area contributed by atoms with E-state index in [1.165, 1.54) is 11.8 Å². The maximum atomic E-state index is 12.2. The molecule has 2 aliphatic rings. The number of piperazine rings is 1. The van der Waals surface area contributed by atoms with Crippen LogP contribution in [0.2, 0.25) is 0 Å². The number of ether oxygens (including phenoxy) is 2. The fourth-order valence-corrected chi connectivity index (χ4v) is 2.89. The van der Waals surface area contributed by atoms with E-state index in [4.69, 9.17) is 14.0 Å². The second kappa shape index (κ2) is 5.92. The quantitative estimate of drug-likeness (QED) is 0.852. The van der Waals surface area contributed by atoms with Crippen LogP contribution in [0, 0.1) is 0 Å². The lowest BCUT2D eigenvalue weighted by atomic mass is 10.1. The third-order valence-corrected chi connectivity index (χ3v) is 4.16. The Morgan fingerprint density at radius 3 is 2.70 bits per heavy atom. The zero-order chi connectivity index (χ0) is 15.6. The summed E-state index contributed by atoms with van der Waals surface area (Å²) in [6.07, 6.45) is 1.42. The highest BCUT2D eigenvalue weighted by molar-refractivity contribution is 5.92. The van der Waals surface area contributed by atoms with Gasteiger partial charge in [0.05, 0.1) is 0 Å². The van der Waals surface area contributed by atoms with Crippen molar-refractivity contribution in [1.29, 1.82) is 0 Å². The van der Waals surface area contributed by atoms with Crippen molar-refractivity contribution in [3.63, 3.8) is 0 Å². The first-order valence-electron chi connectivity index (χ1n) is 7.60. The molecule has 23 heavy (non-hydrogen) atoms. The van der Waals surface area contributed by atoms with Crippen molar-refractivity contribution in [1.82, 2.24) is 15.0 Å². The Hall–Kier alpha value is -2.54. The summed E-state index contributed by atoms with van der Waals surface area (Å²) in [5, 5.41) is 3.71. The fraction of sp³-hybridized carbons (Fsp3) is 0.375. The average Bonchev–Trinajstić information content (AvgIpc) is 3.26. The molecule has 1 amide bonds. The van der Waals surface area contributed by atoms with E-state index in [0.717, 1.165) is 31.1 Å². The maximum absolute atomic E-state index is 12.2. The summed E-state index contributed by atoms with van der Waals surface area (Å²) in [4.78, 5) is 16.3. The van der Waals surface area contributed by atoms with Crippen molar-refractivity contribution < 1.29 is 18.8 Å². The van der Waals surface area contributed by atoms with Gasteiger partial charge in [-0.05, 0) is 17.7 Å². The maximum Gasteiger partial charge on any atom is 0.276 e. The fourth-order valence-electron chi connectivity index (χ4n) is 2.89. The molecule has 3 heterocycles. The van der Waals surface area contributed by atoms with E-state index in [0.29, 0.717) is 25.6 Å².